The van der Waals surface area contributed by atoms with Gasteiger partial charge in [0.1, 0.15) is 0 Å². The summed E-state index contributed by atoms with van der Waals surface area (Å²) in [6.45, 7) is 4.07. The molecule has 1 heterocycles. The van der Waals surface area contributed by atoms with E-state index < -0.39 is 0 Å². The molecular formula is C15H28N2O2. The second-order valence-corrected chi connectivity index (χ2v) is 6.26. The summed E-state index contributed by atoms with van der Waals surface area (Å²) in [5.41, 5.74) is -0.143. The van der Waals surface area contributed by atoms with Gasteiger partial charge in [0.25, 0.3) is 0 Å². The first-order chi connectivity index (χ1) is 9.16. The van der Waals surface area contributed by atoms with Gasteiger partial charge in [0.2, 0.25) is 5.91 Å². The summed E-state index contributed by atoms with van der Waals surface area (Å²) in [6, 6.07) is 0.277. The number of rotatable bonds is 4. The Balaban J connectivity index is 1.92. The Bertz CT molecular complexity index is 287. The minimum absolute atomic E-state index is 0.143. The SMILES string of the molecule is CCCC1(C(=O)NC2CCC(O)CC2)CCNCC1. The molecule has 0 unspecified atom stereocenters. The maximum atomic E-state index is 12.7. The Morgan fingerprint density at radius 2 is 1.89 bits per heavy atom. The first-order valence-electron chi connectivity index (χ1n) is 7.86. The van der Waals surface area contributed by atoms with E-state index >= 15 is 0 Å². The molecular weight excluding hydrogens is 240 g/mol. The Labute approximate surface area is 116 Å². The number of amides is 1. The zero-order valence-corrected chi connectivity index (χ0v) is 12.1. The normalized spacial score (nSPS) is 30.8. The molecule has 2 fully saturated rings. The molecule has 1 aliphatic heterocycles. The second-order valence-electron chi connectivity index (χ2n) is 6.26. The first kappa shape index (κ1) is 14.8. The van der Waals surface area contributed by atoms with Gasteiger partial charge in [0.15, 0.2) is 0 Å². The topological polar surface area (TPSA) is 61.4 Å². The quantitative estimate of drug-likeness (QED) is 0.725. The van der Waals surface area contributed by atoms with E-state index in [1.54, 1.807) is 0 Å². The second kappa shape index (κ2) is 6.71. The third-order valence-corrected chi connectivity index (χ3v) is 4.80. The zero-order chi connectivity index (χ0) is 13.7. The highest BCUT2D eigenvalue weighted by molar-refractivity contribution is 5.83. The fourth-order valence-corrected chi connectivity index (χ4v) is 3.53. The van der Waals surface area contributed by atoms with Crippen molar-refractivity contribution in [2.45, 2.75) is 70.4 Å². The average molecular weight is 268 g/mol. The van der Waals surface area contributed by atoms with E-state index in [0.29, 0.717) is 0 Å². The van der Waals surface area contributed by atoms with Gasteiger partial charge in [0, 0.05) is 6.04 Å². The van der Waals surface area contributed by atoms with Gasteiger partial charge in [-0.15, -0.1) is 0 Å². The summed E-state index contributed by atoms with van der Waals surface area (Å²) in [7, 11) is 0. The number of carbonyl (C=O) groups excluding carboxylic acids is 1. The van der Waals surface area contributed by atoms with Crippen LogP contribution in [0.1, 0.15) is 58.3 Å². The lowest BCUT2D eigenvalue weighted by Gasteiger charge is -2.38. The number of nitrogens with one attached hydrogen (secondary N) is 2. The van der Waals surface area contributed by atoms with Crippen molar-refractivity contribution in [3.05, 3.63) is 0 Å². The highest BCUT2D eigenvalue weighted by Crippen LogP contribution is 2.35. The Hall–Kier alpha value is -0.610. The van der Waals surface area contributed by atoms with Crippen molar-refractivity contribution in [1.82, 2.24) is 10.6 Å². The fourth-order valence-electron chi connectivity index (χ4n) is 3.53. The van der Waals surface area contributed by atoms with Gasteiger partial charge < -0.3 is 15.7 Å². The van der Waals surface area contributed by atoms with E-state index in [0.717, 1.165) is 64.5 Å². The van der Waals surface area contributed by atoms with Gasteiger partial charge in [0.05, 0.1) is 11.5 Å². The van der Waals surface area contributed by atoms with Crippen molar-refractivity contribution >= 4 is 5.91 Å². The molecule has 4 heteroatoms. The maximum Gasteiger partial charge on any atom is 0.226 e. The van der Waals surface area contributed by atoms with Crippen molar-refractivity contribution in [1.29, 1.82) is 0 Å². The molecule has 1 amide bonds. The van der Waals surface area contributed by atoms with Crippen LogP contribution >= 0.6 is 0 Å². The van der Waals surface area contributed by atoms with Crippen LogP contribution in [0.4, 0.5) is 0 Å². The molecule has 2 aliphatic rings. The minimum Gasteiger partial charge on any atom is -0.393 e. The molecule has 0 radical (unpaired) electrons. The highest BCUT2D eigenvalue weighted by atomic mass is 16.3. The minimum atomic E-state index is -0.156. The van der Waals surface area contributed by atoms with Gasteiger partial charge in [-0.2, -0.15) is 0 Å². The van der Waals surface area contributed by atoms with Crippen LogP contribution in [0.15, 0.2) is 0 Å². The van der Waals surface area contributed by atoms with Crippen molar-refractivity contribution in [2.24, 2.45) is 5.41 Å². The average Bonchev–Trinajstić information content (AvgIpc) is 2.43. The van der Waals surface area contributed by atoms with Gasteiger partial charge in [-0.3, -0.25) is 4.79 Å². The summed E-state index contributed by atoms with van der Waals surface area (Å²) in [5, 5.41) is 16.1. The van der Waals surface area contributed by atoms with E-state index in [9.17, 15) is 9.90 Å². The number of aliphatic hydroxyl groups excluding tert-OH is 1. The van der Waals surface area contributed by atoms with Crippen LogP contribution in [0.25, 0.3) is 0 Å². The van der Waals surface area contributed by atoms with Crippen LogP contribution in [-0.2, 0) is 4.79 Å². The largest absolute Gasteiger partial charge is 0.393 e. The predicted molar refractivity (Wildman–Crippen MR) is 75.9 cm³/mol. The van der Waals surface area contributed by atoms with Gasteiger partial charge >= 0.3 is 0 Å². The molecule has 1 saturated carbocycles. The van der Waals surface area contributed by atoms with Crippen molar-refractivity contribution in [2.75, 3.05) is 13.1 Å². The van der Waals surface area contributed by atoms with Gasteiger partial charge in [-0.25, -0.2) is 0 Å². The third-order valence-electron chi connectivity index (χ3n) is 4.80. The Morgan fingerprint density at radius 1 is 1.26 bits per heavy atom. The third kappa shape index (κ3) is 3.69. The molecule has 0 aromatic rings. The molecule has 110 valence electrons. The molecule has 0 spiro atoms. The molecule has 2 rings (SSSR count). The van der Waals surface area contributed by atoms with Crippen molar-refractivity contribution < 1.29 is 9.90 Å². The highest BCUT2D eigenvalue weighted by Gasteiger charge is 2.39. The van der Waals surface area contributed by atoms with Crippen LogP contribution in [0.3, 0.4) is 0 Å². The van der Waals surface area contributed by atoms with Crippen LogP contribution < -0.4 is 10.6 Å². The number of piperidine rings is 1. The van der Waals surface area contributed by atoms with Gasteiger partial charge in [-0.1, -0.05) is 13.3 Å². The summed E-state index contributed by atoms with van der Waals surface area (Å²) in [5.74, 6) is 0.261. The number of hydrogen-bond donors (Lipinski definition) is 3. The maximum absolute atomic E-state index is 12.7. The van der Waals surface area contributed by atoms with Crippen LogP contribution in [-0.4, -0.2) is 36.2 Å². The van der Waals surface area contributed by atoms with Crippen LogP contribution in [0.2, 0.25) is 0 Å². The molecule has 0 atom stereocenters. The Morgan fingerprint density at radius 3 is 2.47 bits per heavy atom. The first-order valence-corrected chi connectivity index (χ1v) is 7.86. The monoisotopic (exact) mass is 268 g/mol. The molecule has 0 bridgehead atoms. The van der Waals surface area contributed by atoms with Crippen LogP contribution in [0.5, 0.6) is 0 Å². The molecule has 0 aromatic heterocycles. The summed E-state index contributed by atoms with van der Waals surface area (Å²) in [4.78, 5) is 12.7. The van der Waals surface area contributed by atoms with Crippen molar-refractivity contribution in [3.8, 4) is 0 Å². The van der Waals surface area contributed by atoms with Crippen LogP contribution in [0, 0.1) is 5.41 Å². The predicted octanol–water partition coefficient (Wildman–Crippen LogP) is 1.58. The number of carbonyl (C=O) groups is 1. The lowest BCUT2D eigenvalue weighted by Crippen LogP contribution is -2.51. The molecule has 3 N–H and O–H groups in total. The molecule has 1 saturated heterocycles. The number of aliphatic hydroxyl groups is 1. The summed E-state index contributed by atoms with van der Waals surface area (Å²) < 4.78 is 0. The van der Waals surface area contributed by atoms with E-state index in [1.807, 2.05) is 0 Å². The van der Waals surface area contributed by atoms with Gasteiger partial charge in [-0.05, 0) is 58.0 Å². The molecule has 1 aliphatic carbocycles. The van der Waals surface area contributed by atoms with E-state index in [1.165, 1.54) is 0 Å². The lowest BCUT2D eigenvalue weighted by atomic mass is 9.74. The molecule has 0 aromatic carbocycles. The zero-order valence-electron chi connectivity index (χ0n) is 12.1. The van der Waals surface area contributed by atoms with E-state index in [4.69, 9.17) is 0 Å². The molecule has 4 nitrogen and oxygen atoms in total. The lowest BCUT2D eigenvalue weighted by molar-refractivity contribution is -0.134. The van der Waals surface area contributed by atoms with Crippen molar-refractivity contribution in [3.63, 3.8) is 0 Å². The molecule has 19 heavy (non-hydrogen) atoms. The standard InChI is InChI=1S/C15H28N2O2/c1-2-7-15(8-10-16-11-9-15)14(19)17-12-3-5-13(18)6-4-12/h12-13,16,18H,2-11H2,1H3,(H,17,19). The van der Waals surface area contributed by atoms with E-state index in [2.05, 4.69) is 17.6 Å². The summed E-state index contributed by atoms with van der Waals surface area (Å²) >= 11 is 0. The number of hydrogen-bond acceptors (Lipinski definition) is 3. The smallest absolute Gasteiger partial charge is 0.226 e. The fraction of sp³-hybridized carbons (Fsp3) is 0.933. The van der Waals surface area contributed by atoms with E-state index in [-0.39, 0.29) is 23.5 Å². The Kier molecular flexibility index (Phi) is 5.22. The summed E-state index contributed by atoms with van der Waals surface area (Å²) in [6.07, 6.45) is 7.33.